The summed E-state index contributed by atoms with van der Waals surface area (Å²) in [4.78, 5) is 14.3. The summed E-state index contributed by atoms with van der Waals surface area (Å²) in [6.07, 6.45) is 4.15. The molecule has 1 aromatic heterocycles. The normalized spacial score (nSPS) is 9.85. The number of fused-ring (bicyclic) bond motifs is 1. The van der Waals surface area contributed by atoms with Gasteiger partial charge in [-0.3, -0.25) is 9.78 Å². The van der Waals surface area contributed by atoms with Gasteiger partial charge in [-0.2, -0.15) is 0 Å². The first-order chi connectivity index (χ1) is 6.42. The Morgan fingerprint density at radius 1 is 1.38 bits per heavy atom. The summed E-state index contributed by atoms with van der Waals surface area (Å²) in [5.41, 5.74) is 0.815. The topological polar surface area (TPSA) is 42.0 Å². The molecule has 3 nitrogen and oxygen atoms in total. The van der Waals surface area contributed by atoms with Gasteiger partial charge in [0.2, 0.25) is 6.41 Å². The van der Waals surface area contributed by atoms with Crippen LogP contribution in [0.1, 0.15) is 1.43 Å². The highest BCUT2D eigenvalue weighted by atomic mass is 16.1. The molecule has 0 fully saturated rings. The fourth-order valence-electron chi connectivity index (χ4n) is 1.31. The lowest BCUT2D eigenvalue weighted by Crippen LogP contribution is -1.94. The average Bonchev–Trinajstić information content (AvgIpc) is 2.19. The van der Waals surface area contributed by atoms with E-state index in [0.29, 0.717) is 6.41 Å². The fraction of sp³-hybridized carbons (Fsp3) is 0. The fourth-order valence-corrected chi connectivity index (χ4v) is 1.31. The maximum atomic E-state index is 10.3. The highest BCUT2D eigenvalue weighted by Gasteiger charge is 1.97. The van der Waals surface area contributed by atoms with Gasteiger partial charge in [-0.25, -0.2) is 0 Å². The number of rotatable bonds is 2. The lowest BCUT2D eigenvalue weighted by atomic mass is 10.1. The average molecular weight is 173 g/mol. The number of pyridine rings is 1. The molecule has 0 saturated carbocycles. The number of amides is 1. The highest BCUT2D eigenvalue weighted by molar-refractivity contribution is 5.96. The molecule has 0 aliphatic rings. The van der Waals surface area contributed by atoms with Crippen LogP contribution in [0.25, 0.3) is 10.8 Å². The molecule has 0 radical (unpaired) electrons. The smallest absolute Gasteiger partial charge is 0.328 e. The van der Waals surface area contributed by atoms with Crippen LogP contribution in [-0.2, 0) is 4.79 Å². The molecule has 2 rings (SSSR count). The largest absolute Gasteiger partial charge is 1.00 e. The Morgan fingerprint density at radius 2 is 2.31 bits per heavy atom. The van der Waals surface area contributed by atoms with E-state index < -0.39 is 0 Å². The second kappa shape index (κ2) is 3.23. The molecule has 13 heavy (non-hydrogen) atoms. The minimum absolute atomic E-state index is 0. The van der Waals surface area contributed by atoms with Crippen molar-refractivity contribution < 1.29 is 6.22 Å². The summed E-state index contributed by atoms with van der Waals surface area (Å²) in [6, 6.07) is 7.58. The number of carbonyl (C=O) groups is 1. The summed E-state index contributed by atoms with van der Waals surface area (Å²) in [6.45, 7) is 0. The molecule has 0 saturated heterocycles. The summed E-state index contributed by atoms with van der Waals surface area (Å²) < 4.78 is 0. The summed E-state index contributed by atoms with van der Waals surface area (Å²) >= 11 is 0. The lowest BCUT2D eigenvalue weighted by molar-refractivity contribution is -0.105. The molecular formula is C10H9N2O+. The molecule has 3 heteroatoms. The third-order valence-electron chi connectivity index (χ3n) is 1.90. The molecule has 0 aliphatic carbocycles. The highest BCUT2D eigenvalue weighted by Crippen LogP contribution is 2.21. The molecule has 1 N–H and O–H groups in total. The van der Waals surface area contributed by atoms with Gasteiger partial charge in [0.05, 0.1) is 0 Å². The number of anilines is 1. The Balaban J connectivity index is 0.000000980. The molecule has 1 heterocycles. The molecule has 2 aromatic rings. The summed E-state index contributed by atoms with van der Waals surface area (Å²) in [5.74, 6) is 0. The first-order valence-corrected chi connectivity index (χ1v) is 3.95. The predicted octanol–water partition coefficient (Wildman–Crippen LogP) is 1.92. The molecule has 64 valence electrons. The second-order valence-corrected chi connectivity index (χ2v) is 2.66. The SMILES string of the molecule is O=CNc1cccc2cnccc12.[H+]. The van der Waals surface area contributed by atoms with Gasteiger partial charge in [0.25, 0.3) is 0 Å². The Kier molecular flexibility index (Phi) is 1.92. The van der Waals surface area contributed by atoms with E-state index in [-0.39, 0.29) is 1.43 Å². The van der Waals surface area contributed by atoms with Gasteiger partial charge in [0, 0.05) is 28.9 Å². The minimum Gasteiger partial charge on any atom is -0.328 e. The molecule has 1 amide bonds. The standard InChI is InChI=1S/C10H8N2O/c13-7-12-10-3-1-2-8-6-11-5-4-9(8)10/h1-7H,(H,12,13)/p+1. The second-order valence-electron chi connectivity index (χ2n) is 2.66. The Bertz CT molecular complexity index is 440. The van der Waals surface area contributed by atoms with E-state index in [2.05, 4.69) is 10.3 Å². The number of aromatic nitrogens is 1. The van der Waals surface area contributed by atoms with Crippen LogP contribution in [-0.4, -0.2) is 11.4 Å². The van der Waals surface area contributed by atoms with Crippen LogP contribution in [0.15, 0.2) is 36.7 Å². The minimum atomic E-state index is 0. The van der Waals surface area contributed by atoms with E-state index in [4.69, 9.17) is 0 Å². The molecule has 0 aliphatic heterocycles. The Hall–Kier alpha value is -1.90. The molecule has 0 unspecified atom stereocenters. The van der Waals surface area contributed by atoms with Crippen molar-refractivity contribution in [2.24, 2.45) is 0 Å². The number of hydrogen-bond acceptors (Lipinski definition) is 2. The maximum absolute atomic E-state index is 10.3. The van der Waals surface area contributed by atoms with Gasteiger partial charge < -0.3 is 5.32 Å². The Morgan fingerprint density at radius 3 is 3.15 bits per heavy atom. The molecule has 0 bridgehead atoms. The van der Waals surface area contributed by atoms with E-state index in [9.17, 15) is 4.79 Å². The third-order valence-corrected chi connectivity index (χ3v) is 1.90. The van der Waals surface area contributed by atoms with Gasteiger partial charge in [-0.15, -0.1) is 0 Å². The van der Waals surface area contributed by atoms with Crippen molar-refractivity contribution in [3.8, 4) is 0 Å². The van der Waals surface area contributed by atoms with E-state index in [1.54, 1.807) is 12.4 Å². The van der Waals surface area contributed by atoms with E-state index >= 15 is 0 Å². The van der Waals surface area contributed by atoms with Crippen molar-refractivity contribution in [1.29, 1.82) is 0 Å². The molecule has 0 atom stereocenters. The van der Waals surface area contributed by atoms with Gasteiger partial charge in [-0.05, 0) is 12.1 Å². The third kappa shape index (κ3) is 1.36. The van der Waals surface area contributed by atoms with Gasteiger partial charge in [0.1, 0.15) is 0 Å². The zero-order valence-electron chi connectivity index (χ0n) is 7.90. The number of carbonyl (C=O) groups excluding carboxylic acids is 1. The van der Waals surface area contributed by atoms with Crippen molar-refractivity contribution in [3.63, 3.8) is 0 Å². The van der Waals surface area contributed by atoms with Gasteiger partial charge in [-0.1, -0.05) is 12.1 Å². The van der Waals surface area contributed by atoms with Crippen molar-refractivity contribution >= 4 is 22.9 Å². The Labute approximate surface area is 76.9 Å². The number of nitrogens with zero attached hydrogens (tertiary/aromatic N) is 1. The van der Waals surface area contributed by atoms with Gasteiger partial charge >= 0.3 is 1.43 Å². The first kappa shape index (κ1) is 7.73. The van der Waals surface area contributed by atoms with Crippen LogP contribution in [0.2, 0.25) is 0 Å². The van der Waals surface area contributed by atoms with Crippen molar-refractivity contribution in [1.82, 2.24) is 4.98 Å². The first-order valence-electron chi connectivity index (χ1n) is 3.95. The van der Waals surface area contributed by atoms with E-state index in [1.165, 1.54) is 0 Å². The molecule has 0 spiro atoms. The van der Waals surface area contributed by atoms with Crippen molar-refractivity contribution in [2.45, 2.75) is 0 Å². The molecular weight excluding hydrogens is 164 g/mol. The van der Waals surface area contributed by atoms with Crippen molar-refractivity contribution in [3.05, 3.63) is 36.7 Å². The predicted molar refractivity (Wildman–Crippen MR) is 52.5 cm³/mol. The zero-order chi connectivity index (χ0) is 9.10. The van der Waals surface area contributed by atoms with Gasteiger partial charge in [0.15, 0.2) is 0 Å². The monoisotopic (exact) mass is 173 g/mol. The van der Waals surface area contributed by atoms with E-state index in [0.717, 1.165) is 16.5 Å². The van der Waals surface area contributed by atoms with Crippen LogP contribution in [0.3, 0.4) is 0 Å². The zero-order valence-corrected chi connectivity index (χ0v) is 6.90. The number of nitrogens with one attached hydrogen (secondary N) is 1. The number of hydrogen-bond donors (Lipinski definition) is 1. The van der Waals surface area contributed by atoms with Crippen LogP contribution >= 0.6 is 0 Å². The van der Waals surface area contributed by atoms with Crippen LogP contribution in [0.4, 0.5) is 5.69 Å². The molecule has 1 aromatic carbocycles. The summed E-state index contributed by atoms with van der Waals surface area (Å²) in [5, 5.41) is 4.67. The quantitative estimate of drug-likeness (QED) is 0.705. The maximum Gasteiger partial charge on any atom is 1.00 e. The van der Waals surface area contributed by atoms with Crippen LogP contribution in [0.5, 0.6) is 0 Å². The van der Waals surface area contributed by atoms with Crippen molar-refractivity contribution in [2.75, 3.05) is 5.32 Å². The number of benzene rings is 1. The lowest BCUT2D eigenvalue weighted by Gasteiger charge is -2.02. The summed E-state index contributed by atoms with van der Waals surface area (Å²) in [7, 11) is 0. The van der Waals surface area contributed by atoms with Crippen LogP contribution < -0.4 is 5.32 Å². The van der Waals surface area contributed by atoms with E-state index in [1.807, 2.05) is 24.3 Å². The van der Waals surface area contributed by atoms with Crippen LogP contribution in [0, 0.1) is 0 Å².